The third-order valence-corrected chi connectivity index (χ3v) is 4.29. The molecule has 0 aliphatic carbocycles. The predicted molar refractivity (Wildman–Crippen MR) is 104 cm³/mol. The Bertz CT molecular complexity index is 1100. The molecular formula is C20H16ClF2N3O3. The van der Waals surface area contributed by atoms with Crippen LogP contribution in [0.1, 0.15) is 17.3 Å². The number of benzene rings is 2. The lowest BCUT2D eigenvalue weighted by molar-refractivity contribution is 0.0920. The zero-order chi connectivity index (χ0) is 21.1. The Morgan fingerprint density at radius 1 is 1.17 bits per heavy atom. The average molecular weight is 420 g/mol. The number of aromatic nitrogens is 2. The van der Waals surface area contributed by atoms with E-state index in [1.54, 1.807) is 31.2 Å². The Hall–Kier alpha value is -3.10. The lowest BCUT2D eigenvalue weighted by atomic mass is 10.1. The number of nitrogens with zero attached hydrogens (tertiary/aromatic N) is 2. The van der Waals surface area contributed by atoms with Crippen molar-refractivity contribution in [1.82, 2.24) is 15.1 Å². The number of nitrogens with one attached hydrogen (secondary N) is 1. The van der Waals surface area contributed by atoms with Gasteiger partial charge in [0, 0.05) is 22.7 Å². The number of aliphatic hydroxyl groups excluding tert-OH is 1. The number of carbonyl (C=O) groups excluding carboxylic acids is 1. The van der Waals surface area contributed by atoms with E-state index in [1.165, 1.54) is 6.07 Å². The van der Waals surface area contributed by atoms with Gasteiger partial charge in [0.05, 0.1) is 18.0 Å². The first-order valence-corrected chi connectivity index (χ1v) is 8.95. The first kappa shape index (κ1) is 20.6. The maximum atomic E-state index is 13.7. The van der Waals surface area contributed by atoms with Gasteiger partial charge in [0.2, 0.25) is 0 Å². The van der Waals surface area contributed by atoms with Crippen LogP contribution in [0.2, 0.25) is 5.02 Å². The van der Waals surface area contributed by atoms with Gasteiger partial charge in [-0.25, -0.2) is 8.78 Å². The molecule has 0 radical (unpaired) electrons. The van der Waals surface area contributed by atoms with Crippen molar-refractivity contribution in [3.05, 3.63) is 81.1 Å². The summed E-state index contributed by atoms with van der Waals surface area (Å²) in [5, 5.41) is 16.3. The van der Waals surface area contributed by atoms with Crippen molar-refractivity contribution in [2.24, 2.45) is 0 Å². The summed E-state index contributed by atoms with van der Waals surface area (Å²) in [7, 11) is 0. The highest BCUT2D eigenvalue weighted by Gasteiger charge is 2.19. The minimum absolute atomic E-state index is 0.174. The Balaban J connectivity index is 2.22. The molecule has 1 heterocycles. The highest BCUT2D eigenvalue weighted by Crippen LogP contribution is 2.21. The number of amides is 1. The fraction of sp³-hybridized carbons (Fsp3) is 0.150. The van der Waals surface area contributed by atoms with Gasteiger partial charge in [-0.3, -0.25) is 9.59 Å². The zero-order valence-electron chi connectivity index (χ0n) is 15.2. The van der Waals surface area contributed by atoms with Gasteiger partial charge in [-0.1, -0.05) is 23.7 Å². The van der Waals surface area contributed by atoms with Gasteiger partial charge >= 0.3 is 0 Å². The van der Waals surface area contributed by atoms with E-state index in [1.807, 2.05) is 0 Å². The van der Waals surface area contributed by atoms with Crippen LogP contribution in [0.4, 0.5) is 8.78 Å². The molecule has 6 nitrogen and oxygen atoms in total. The van der Waals surface area contributed by atoms with Crippen LogP contribution in [0.5, 0.6) is 0 Å². The van der Waals surface area contributed by atoms with Gasteiger partial charge in [-0.2, -0.15) is 9.78 Å². The molecule has 0 aliphatic heterocycles. The maximum absolute atomic E-state index is 13.7. The second-order valence-corrected chi connectivity index (χ2v) is 6.79. The SMILES string of the molecule is CC(CO)NC(=O)c1cc(-c2ccc(Cl)cc2)nn(-c2cc(F)cc(F)c2)c1=O. The normalized spacial score (nSPS) is 11.9. The Kier molecular flexibility index (Phi) is 6.05. The van der Waals surface area contributed by atoms with Crippen LogP contribution >= 0.6 is 11.6 Å². The summed E-state index contributed by atoms with van der Waals surface area (Å²) >= 11 is 5.89. The third kappa shape index (κ3) is 4.67. The standard InChI is InChI=1S/C20H16ClF2N3O3/c1-11(10-27)24-19(28)17-9-18(12-2-4-13(21)5-3-12)25-26(20(17)29)16-7-14(22)6-15(23)8-16/h2-9,11,27H,10H2,1H3,(H,24,28). The highest BCUT2D eigenvalue weighted by atomic mass is 35.5. The van der Waals surface area contributed by atoms with Crippen LogP contribution < -0.4 is 10.9 Å². The second kappa shape index (κ2) is 8.50. The van der Waals surface area contributed by atoms with E-state index >= 15 is 0 Å². The molecule has 3 rings (SSSR count). The average Bonchev–Trinajstić information content (AvgIpc) is 2.67. The summed E-state index contributed by atoms with van der Waals surface area (Å²) in [6.07, 6.45) is 0. The summed E-state index contributed by atoms with van der Waals surface area (Å²) in [5.74, 6) is -2.55. The van der Waals surface area contributed by atoms with E-state index in [-0.39, 0.29) is 23.6 Å². The van der Waals surface area contributed by atoms with Crippen molar-refractivity contribution in [1.29, 1.82) is 0 Å². The molecule has 29 heavy (non-hydrogen) atoms. The molecule has 0 fully saturated rings. The van der Waals surface area contributed by atoms with Crippen LogP contribution in [0.15, 0.2) is 53.3 Å². The summed E-state index contributed by atoms with van der Waals surface area (Å²) in [6, 6.07) is 9.66. The first-order valence-electron chi connectivity index (χ1n) is 8.57. The number of halogens is 3. The maximum Gasteiger partial charge on any atom is 0.284 e. The van der Waals surface area contributed by atoms with Gasteiger partial charge in [0.15, 0.2) is 0 Å². The molecule has 1 amide bonds. The van der Waals surface area contributed by atoms with Crippen LogP contribution in [0.3, 0.4) is 0 Å². The Morgan fingerprint density at radius 2 is 1.79 bits per heavy atom. The van der Waals surface area contributed by atoms with E-state index < -0.39 is 29.1 Å². The summed E-state index contributed by atoms with van der Waals surface area (Å²) in [4.78, 5) is 25.4. The smallest absolute Gasteiger partial charge is 0.284 e. The molecule has 0 spiro atoms. The highest BCUT2D eigenvalue weighted by molar-refractivity contribution is 6.30. The summed E-state index contributed by atoms with van der Waals surface area (Å²) in [6.45, 7) is 1.23. The fourth-order valence-electron chi connectivity index (χ4n) is 2.60. The number of hydrogen-bond acceptors (Lipinski definition) is 4. The van der Waals surface area contributed by atoms with Crippen molar-refractivity contribution in [2.75, 3.05) is 6.61 Å². The van der Waals surface area contributed by atoms with Crippen LogP contribution in [0.25, 0.3) is 16.9 Å². The molecule has 9 heteroatoms. The Labute approximate surface area is 169 Å². The molecule has 1 unspecified atom stereocenters. The molecule has 150 valence electrons. The van der Waals surface area contributed by atoms with Crippen LogP contribution in [-0.4, -0.2) is 33.4 Å². The minimum Gasteiger partial charge on any atom is -0.394 e. The van der Waals surface area contributed by atoms with E-state index in [9.17, 15) is 18.4 Å². The van der Waals surface area contributed by atoms with E-state index in [2.05, 4.69) is 10.4 Å². The molecule has 1 atom stereocenters. The van der Waals surface area contributed by atoms with E-state index in [0.29, 0.717) is 16.7 Å². The van der Waals surface area contributed by atoms with E-state index in [0.717, 1.165) is 16.8 Å². The molecule has 0 saturated heterocycles. The number of rotatable bonds is 5. The van der Waals surface area contributed by atoms with Gasteiger partial charge in [-0.05, 0) is 37.3 Å². The molecule has 3 aromatic rings. The number of carbonyl (C=O) groups is 1. The molecule has 2 aromatic carbocycles. The predicted octanol–water partition coefficient (Wildman–Crippen LogP) is 2.94. The summed E-state index contributed by atoms with van der Waals surface area (Å²) < 4.78 is 28.1. The second-order valence-electron chi connectivity index (χ2n) is 6.35. The molecule has 0 bridgehead atoms. The molecule has 2 N–H and O–H groups in total. The van der Waals surface area contributed by atoms with Crippen molar-refractivity contribution < 1.29 is 18.7 Å². The molecule has 0 aliphatic rings. The monoisotopic (exact) mass is 419 g/mol. The number of aliphatic hydroxyl groups is 1. The van der Waals surface area contributed by atoms with Crippen LogP contribution in [0, 0.1) is 11.6 Å². The van der Waals surface area contributed by atoms with E-state index in [4.69, 9.17) is 16.7 Å². The van der Waals surface area contributed by atoms with Crippen molar-refractivity contribution in [2.45, 2.75) is 13.0 Å². The van der Waals surface area contributed by atoms with Crippen molar-refractivity contribution >= 4 is 17.5 Å². The van der Waals surface area contributed by atoms with Crippen molar-refractivity contribution in [3.8, 4) is 16.9 Å². The molecule has 1 aromatic heterocycles. The van der Waals surface area contributed by atoms with Gasteiger partial charge in [0.1, 0.15) is 17.2 Å². The summed E-state index contributed by atoms with van der Waals surface area (Å²) in [5.41, 5.74) is -0.588. The fourth-order valence-corrected chi connectivity index (χ4v) is 2.73. The van der Waals surface area contributed by atoms with Crippen molar-refractivity contribution in [3.63, 3.8) is 0 Å². The minimum atomic E-state index is -0.898. The number of hydrogen-bond donors (Lipinski definition) is 2. The van der Waals surface area contributed by atoms with Gasteiger partial charge in [0.25, 0.3) is 11.5 Å². The molecule has 0 saturated carbocycles. The third-order valence-electron chi connectivity index (χ3n) is 4.04. The zero-order valence-corrected chi connectivity index (χ0v) is 16.0. The molecular weight excluding hydrogens is 404 g/mol. The van der Waals surface area contributed by atoms with Crippen LogP contribution in [-0.2, 0) is 0 Å². The first-order chi connectivity index (χ1) is 13.8. The van der Waals surface area contributed by atoms with Gasteiger partial charge < -0.3 is 10.4 Å². The largest absolute Gasteiger partial charge is 0.394 e. The topological polar surface area (TPSA) is 84.2 Å². The lowest BCUT2D eigenvalue weighted by Crippen LogP contribution is -2.39. The quantitative estimate of drug-likeness (QED) is 0.666. The Morgan fingerprint density at radius 3 is 2.38 bits per heavy atom. The lowest BCUT2D eigenvalue weighted by Gasteiger charge is -2.13. The van der Waals surface area contributed by atoms with Gasteiger partial charge in [-0.15, -0.1) is 0 Å².